The summed E-state index contributed by atoms with van der Waals surface area (Å²) in [5, 5.41) is 2.76. The van der Waals surface area contributed by atoms with Crippen LogP contribution in [0.15, 0.2) is 104 Å². The summed E-state index contributed by atoms with van der Waals surface area (Å²) in [7, 11) is 3.24. The second-order valence-electron chi connectivity index (χ2n) is 11.1. The minimum absolute atomic E-state index is 0.0795. The molecular formula is C36H36FN5O5. The van der Waals surface area contributed by atoms with E-state index in [1.165, 1.54) is 12.7 Å². The molecule has 1 N–H and O–H groups in total. The van der Waals surface area contributed by atoms with Crippen LogP contribution in [0.1, 0.15) is 42.2 Å². The van der Waals surface area contributed by atoms with Gasteiger partial charge in [-0.15, -0.1) is 6.58 Å². The average Bonchev–Trinajstić information content (AvgIpc) is 3.72. The molecule has 2 aromatic heterocycles. The number of allylic oxidation sites excluding steroid dienone is 1. The zero-order valence-electron chi connectivity index (χ0n) is 26.2. The molecule has 0 radical (unpaired) electrons. The molecule has 0 aliphatic carbocycles. The van der Waals surface area contributed by atoms with Crippen LogP contribution in [0.4, 0.5) is 10.2 Å². The lowest BCUT2D eigenvalue weighted by atomic mass is 9.80. The molecule has 1 aliphatic rings. The number of halogens is 1. The van der Waals surface area contributed by atoms with Crippen LogP contribution in [0, 0.1) is 0 Å². The standard InChI is InChI=1S/C36H36FN5O5/c1-4-5-11-31(43)41-33-32-34(39-22-38-33)42(23-40-32)35-30(37)20-29(47-35)21-46-36(24-9-7-6-8-10-24,25-12-16-27(44-2)17-13-25)26-14-18-28(45-3)19-15-26/h4,6-10,12-19,22-23,29-30,35H,1,5,11,20-21H2,2-3H3,(H,38,39,41,43)/t29-,30-,35-/m1/s1. The third kappa shape index (κ3) is 6.45. The van der Waals surface area contributed by atoms with Crippen molar-refractivity contribution in [2.45, 2.75) is 43.4 Å². The number of hydrogen-bond acceptors (Lipinski definition) is 8. The first-order chi connectivity index (χ1) is 23.0. The molecule has 1 aliphatic heterocycles. The highest BCUT2D eigenvalue weighted by Crippen LogP contribution is 2.43. The zero-order chi connectivity index (χ0) is 32.8. The average molecular weight is 638 g/mol. The molecule has 6 rings (SSSR count). The molecule has 1 amide bonds. The molecule has 3 heterocycles. The van der Waals surface area contributed by atoms with Gasteiger partial charge in [0.1, 0.15) is 29.6 Å². The number of fused-ring (bicyclic) bond motifs is 1. The molecule has 0 unspecified atom stereocenters. The maximum Gasteiger partial charge on any atom is 0.225 e. The number of benzene rings is 3. The molecule has 3 atom stereocenters. The van der Waals surface area contributed by atoms with Crippen LogP contribution in [0.25, 0.3) is 11.2 Å². The minimum atomic E-state index is -1.37. The fourth-order valence-electron chi connectivity index (χ4n) is 5.90. The predicted molar refractivity (Wildman–Crippen MR) is 175 cm³/mol. The Bertz CT molecular complexity index is 1770. The van der Waals surface area contributed by atoms with Crippen LogP contribution < -0.4 is 14.8 Å². The third-order valence-electron chi connectivity index (χ3n) is 8.25. The van der Waals surface area contributed by atoms with Crippen molar-refractivity contribution >= 4 is 22.9 Å². The van der Waals surface area contributed by atoms with E-state index in [0.717, 1.165) is 16.7 Å². The van der Waals surface area contributed by atoms with Gasteiger partial charge in [0.2, 0.25) is 5.91 Å². The van der Waals surface area contributed by atoms with Crippen LogP contribution in [0.5, 0.6) is 11.5 Å². The molecule has 3 aromatic carbocycles. The summed E-state index contributed by atoms with van der Waals surface area (Å²) in [6.07, 6.45) is 2.36. The Morgan fingerprint density at radius 2 is 1.62 bits per heavy atom. The second-order valence-corrected chi connectivity index (χ2v) is 11.1. The predicted octanol–water partition coefficient (Wildman–Crippen LogP) is 6.38. The van der Waals surface area contributed by atoms with E-state index in [1.54, 1.807) is 24.9 Å². The first-order valence-electron chi connectivity index (χ1n) is 15.3. The molecular weight excluding hydrogens is 601 g/mol. The number of methoxy groups -OCH3 is 2. The minimum Gasteiger partial charge on any atom is -0.497 e. The van der Waals surface area contributed by atoms with Gasteiger partial charge >= 0.3 is 0 Å². The van der Waals surface area contributed by atoms with Crippen LogP contribution in [-0.2, 0) is 19.9 Å². The molecule has 11 heteroatoms. The highest BCUT2D eigenvalue weighted by Gasteiger charge is 2.42. The summed E-state index contributed by atoms with van der Waals surface area (Å²) in [4.78, 5) is 25.2. The highest BCUT2D eigenvalue weighted by molar-refractivity contribution is 5.96. The van der Waals surface area contributed by atoms with Crippen LogP contribution in [0.2, 0.25) is 0 Å². The van der Waals surface area contributed by atoms with E-state index in [1.807, 2.05) is 78.9 Å². The van der Waals surface area contributed by atoms with Gasteiger partial charge in [-0.25, -0.2) is 19.3 Å². The zero-order valence-corrected chi connectivity index (χ0v) is 26.2. The number of nitrogens with zero attached hydrogens (tertiary/aromatic N) is 4. The van der Waals surface area contributed by atoms with Crippen molar-refractivity contribution in [2.75, 3.05) is 26.1 Å². The lowest BCUT2D eigenvalue weighted by Gasteiger charge is -2.37. The fraction of sp³-hybridized carbons (Fsp3) is 0.278. The molecule has 242 valence electrons. The highest BCUT2D eigenvalue weighted by atomic mass is 19.1. The Hall–Kier alpha value is -5.13. The van der Waals surface area contributed by atoms with Crippen molar-refractivity contribution in [1.29, 1.82) is 0 Å². The summed E-state index contributed by atoms with van der Waals surface area (Å²) in [5.74, 6) is 1.45. The summed E-state index contributed by atoms with van der Waals surface area (Å²) >= 11 is 0. The van der Waals surface area contributed by atoms with Gasteiger partial charge in [-0.3, -0.25) is 9.36 Å². The Labute approximate surface area is 272 Å². The first-order valence-corrected chi connectivity index (χ1v) is 15.3. The van der Waals surface area contributed by atoms with Crippen LogP contribution >= 0.6 is 0 Å². The van der Waals surface area contributed by atoms with E-state index in [4.69, 9.17) is 18.9 Å². The number of amides is 1. The number of nitrogens with one attached hydrogen (secondary N) is 1. The fourth-order valence-corrected chi connectivity index (χ4v) is 5.90. The molecule has 0 spiro atoms. The topological polar surface area (TPSA) is 110 Å². The molecule has 0 saturated carbocycles. The van der Waals surface area contributed by atoms with Gasteiger partial charge in [-0.2, -0.15) is 0 Å². The van der Waals surface area contributed by atoms with Crippen molar-refractivity contribution < 1.29 is 28.1 Å². The number of carbonyl (C=O) groups is 1. The molecule has 1 fully saturated rings. The summed E-state index contributed by atoms with van der Waals surface area (Å²) in [5.41, 5.74) is 2.24. The van der Waals surface area contributed by atoms with Crippen LogP contribution in [0.3, 0.4) is 0 Å². The summed E-state index contributed by atoms with van der Waals surface area (Å²) < 4.78 is 41.4. The van der Waals surface area contributed by atoms with E-state index in [0.29, 0.717) is 29.1 Å². The third-order valence-corrected chi connectivity index (χ3v) is 8.25. The molecule has 5 aromatic rings. The lowest BCUT2D eigenvalue weighted by molar-refractivity contribution is -0.116. The van der Waals surface area contributed by atoms with Gasteiger partial charge in [0.05, 0.1) is 33.3 Å². The van der Waals surface area contributed by atoms with Gasteiger partial charge in [-0.05, 0) is 47.4 Å². The van der Waals surface area contributed by atoms with Crippen molar-refractivity contribution in [3.8, 4) is 11.5 Å². The number of imidazole rings is 1. The molecule has 47 heavy (non-hydrogen) atoms. The Morgan fingerprint density at radius 3 is 2.23 bits per heavy atom. The Kier molecular flexibility index (Phi) is 9.55. The number of aromatic nitrogens is 4. The Morgan fingerprint density at radius 1 is 0.979 bits per heavy atom. The number of hydrogen-bond donors (Lipinski definition) is 1. The first kappa shape index (κ1) is 31.8. The van der Waals surface area contributed by atoms with Gasteiger partial charge in [-0.1, -0.05) is 60.7 Å². The number of alkyl halides is 1. The van der Waals surface area contributed by atoms with Gasteiger partial charge in [0.25, 0.3) is 0 Å². The normalized spacial score (nSPS) is 17.8. The maximum atomic E-state index is 15.8. The Balaban J connectivity index is 1.30. The van der Waals surface area contributed by atoms with E-state index in [-0.39, 0.29) is 31.2 Å². The van der Waals surface area contributed by atoms with Crippen molar-refractivity contribution in [2.24, 2.45) is 0 Å². The van der Waals surface area contributed by atoms with Crippen molar-refractivity contribution in [1.82, 2.24) is 19.5 Å². The second kappa shape index (κ2) is 14.1. The monoisotopic (exact) mass is 637 g/mol. The lowest BCUT2D eigenvalue weighted by Crippen LogP contribution is -2.35. The summed E-state index contributed by atoms with van der Waals surface area (Å²) in [6, 6.07) is 25.3. The number of rotatable bonds is 13. The van der Waals surface area contributed by atoms with E-state index in [9.17, 15) is 4.79 Å². The largest absolute Gasteiger partial charge is 0.497 e. The maximum absolute atomic E-state index is 15.8. The van der Waals surface area contributed by atoms with Crippen LogP contribution in [-0.4, -0.2) is 58.5 Å². The van der Waals surface area contributed by atoms with Crippen molar-refractivity contribution in [3.05, 3.63) is 121 Å². The van der Waals surface area contributed by atoms with Crippen molar-refractivity contribution in [3.63, 3.8) is 0 Å². The van der Waals surface area contributed by atoms with Gasteiger partial charge < -0.3 is 24.3 Å². The number of anilines is 1. The SMILES string of the molecule is C=CCCC(=O)Nc1ncnc2c1ncn2[C@@H]1O[C@@H](COC(c2ccccc2)(c2ccc(OC)cc2)c2ccc(OC)cc2)C[C@H]1F. The van der Waals surface area contributed by atoms with E-state index >= 15 is 4.39 Å². The molecule has 1 saturated heterocycles. The molecule has 10 nitrogen and oxygen atoms in total. The van der Waals surface area contributed by atoms with Gasteiger partial charge in [0, 0.05) is 12.8 Å². The van der Waals surface area contributed by atoms with E-state index < -0.39 is 24.1 Å². The summed E-state index contributed by atoms with van der Waals surface area (Å²) in [6.45, 7) is 3.73. The quantitative estimate of drug-likeness (QED) is 0.117. The van der Waals surface area contributed by atoms with E-state index in [2.05, 4.69) is 26.8 Å². The molecule has 0 bridgehead atoms. The smallest absolute Gasteiger partial charge is 0.225 e. The number of carbonyl (C=O) groups excluding carboxylic acids is 1. The number of ether oxygens (including phenoxy) is 4. The van der Waals surface area contributed by atoms with Gasteiger partial charge in [0.15, 0.2) is 23.2 Å².